The predicted octanol–water partition coefficient (Wildman–Crippen LogP) is 8.07. The smallest absolute Gasteiger partial charge is 0.132 e. The Morgan fingerprint density at radius 2 is 1.62 bits per heavy atom. The Kier molecular flexibility index (Phi) is 6.89. The van der Waals surface area contributed by atoms with E-state index < -0.39 is 0 Å². The number of aryl methyl sites for hydroxylation is 2. The highest BCUT2D eigenvalue weighted by Crippen LogP contribution is 2.32. The van der Waals surface area contributed by atoms with Crippen LogP contribution >= 0.6 is 0 Å². The molecule has 1 aromatic heterocycles. The molecular weight excluding hydrogens is 388 g/mol. The summed E-state index contributed by atoms with van der Waals surface area (Å²) in [6.07, 6.45) is 7.17. The highest BCUT2D eigenvalue weighted by Gasteiger charge is 2.20. The highest BCUT2D eigenvalue weighted by molar-refractivity contribution is 5.65. The molecular formula is C30H36N2. The molecule has 0 N–H and O–H groups in total. The van der Waals surface area contributed by atoms with Gasteiger partial charge in [0.1, 0.15) is 5.82 Å². The standard InChI is InChI=1S/C30H36N2/c1-20(2)23(5)25-15-12-24(13-16-25)18-28-19-29(27-14-11-21(3)22(4)17-27)32-30(31-28)26-9-7-6-8-10-26/h11-17,19-20,26H,5-10,18H2,1-4H3. The van der Waals surface area contributed by atoms with Gasteiger partial charge in [0.2, 0.25) is 0 Å². The molecule has 2 heteroatoms. The van der Waals surface area contributed by atoms with Crippen LogP contribution in [-0.4, -0.2) is 9.97 Å². The summed E-state index contributed by atoms with van der Waals surface area (Å²) in [6.45, 7) is 13.0. The molecule has 0 unspecified atom stereocenters. The van der Waals surface area contributed by atoms with Crippen LogP contribution in [0, 0.1) is 19.8 Å². The van der Waals surface area contributed by atoms with Crippen molar-refractivity contribution in [2.24, 2.45) is 5.92 Å². The average molecular weight is 425 g/mol. The largest absolute Gasteiger partial charge is 0.237 e. The number of hydrogen-bond donors (Lipinski definition) is 0. The average Bonchev–Trinajstić information content (AvgIpc) is 2.81. The van der Waals surface area contributed by atoms with Crippen molar-refractivity contribution in [2.75, 3.05) is 0 Å². The van der Waals surface area contributed by atoms with E-state index in [-0.39, 0.29) is 0 Å². The van der Waals surface area contributed by atoms with Crippen LogP contribution in [0.2, 0.25) is 0 Å². The summed E-state index contributed by atoms with van der Waals surface area (Å²) in [7, 11) is 0. The summed E-state index contributed by atoms with van der Waals surface area (Å²) in [5.41, 5.74) is 9.69. The molecule has 3 aromatic rings. The molecule has 0 saturated heterocycles. The first-order valence-corrected chi connectivity index (χ1v) is 12.1. The van der Waals surface area contributed by atoms with E-state index in [9.17, 15) is 0 Å². The van der Waals surface area contributed by atoms with E-state index in [1.807, 2.05) is 0 Å². The van der Waals surface area contributed by atoms with Crippen LogP contribution < -0.4 is 0 Å². The molecule has 1 saturated carbocycles. The van der Waals surface area contributed by atoms with E-state index in [0.29, 0.717) is 11.8 Å². The summed E-state index contributed by atoms with van der Waals surface area (Å²) in [6, 6.07) is 17.7. The van der Waals surface area contributed by atoms with Crippen LogP contribution in [0.3, 0.4) is 0 Å². The van der Waals surface area contributed by atoms with Gasteiger partial charge in [-0.2, -0.15) is 0 Å². The fourth-order valence-corrected chi connectivity index (χ4v) is 4.58. The third-order valence-corrected chi connectivity index (χ3v) is 6.98. The molecule has 0 aliphatic heterocycles. The van der Waals surface area contributed by atoms with E-state index in [1.54, 1.807) is 0 Å². The summed E-state index contributed by atoms with van der Waals surface area (Å²) in [5.74, 6) is 1.99. The maximum Gasteiger partial charge on any atom is 0.132 e. The minimum atomic E-state index is 0.460. The Hall–Kier alpha value is -2.74. The monoisotopic (exact) mass is 424 g/mol. The van der Waals surface area contributed by atoms with Crippen LogP contribution in [-0.2, 0) is 6.42 Å². The lowest BCUT2D eigenvalue weighted by molar-refractivity contribution is 0.428. The molecule has 0 bridgehead atoms. The third-order valence-electron chi connectivity index (χ3n) is 6.98. The molecule has 166 valence electrons. The van der Waals surface area contributed by atoms with Crippen molar-refractivity contribution in [1.29, 1.82) is 0 Å². The maximum absolute atomic E-state index is 5.07. The molecule has 0 atom stereocenters. The minimum absolute atomic E-state index is 0.460. The molecule has 1 aliphatic carbocycles. The SMILES string of the molecule is C=C(c1ccc(Cc2cc(-c3ccc(C)c(C)c3)nc(C3CCCCC3)n2)cc1)C(C)C. The summed E-state index contributed by atoms with van der Waals surface area (Å²) < 4.78 is 0. The van der Waals surface area contributed by atoms with E-state index in [2.05, 4.69) is 82.8 Å². The zero-order valence-electron chi connectivity index (χ0n) is 20.1. The van der Waals surface area contributed by atoms with Crippen molar-refractivity contribution in [1.82, 2.24) is 9.97 Å². The molecule has 0 radical (unpaired) electrons. The first-order valence-electron chi connectivity index (χ1n) is 12.1. The molecule has 4 rings (SSSR count). The van der Waals surface area contributed by atoms with Crippen molar-refractivity contribution < 1.29 is 0 Å². The molecule has 2 nitrogen and oxygen atoms in total. The number of allylic oxidation sites excluding steroid dienone is 1. The topological polar surface area (TPSA) is 25.8 Å². The lowest BCUT2D eigenvalue weighted by Crippen LogP contribution is -2.11. The Balaban J connectivity index is 1.67. The Bertz CT molecular complexity index is 1090. The second-order valence-corrected chi connectivity index (χ2v) is 9.79. The quantitative estimate of drug-likeness (QED) is 0.400. The van der Waals surface area contributed by atoms with Gasteiger partial charge in [-0.3, -0.25) is 0 Å². The molecule has 32 heavy (non-hydrogen) atoms. The molecule has 1 fully saturated rings. The van der Waals surface area contributed by atoms with E-state index in [0.717, 1.165) is 23.6 Å². The zero-order valence-corrected chi connectivity index (χ0v) is 20.1. The van der Waals surface area contributed by atoms with Crippen LogP contribution in [0.1, 0.15) is 85.6 Å². The number of rotatable bonds is 6. The number of nitrogens with zero attached hydrogens (tertiary/aromatic N) is 2. The lowest BCUT2D eigenvalue weighted by atomic mass is 9.88. The van der Waals surface area contributed by atoms with Crippen molar-refractivity contribution in [2.45, 2.75) is 72.1 Å². The third kappa shape index (κ3) is 5.18. The molecule has 1 heterocycles. The van der Waals surface area contributed by atoms with Crippen LogP contribution in [0.15, 0.2) is 55.1 Å². The number of aromatic nitrogens is 2. The Morgan fingerprint density at radius 3 is 2.28 bits per heavy atom. The molecule has 1 aliphatic rings. The maximum atomic E-state index is 5.07. The van der Waals surface area contributed by atoms with Gasteiger partial charge in [0.15, 0.2) is 0 Å². The highest BCUT2D eigenvalue weighted by atomic mass is 14.9. The molecule has 0 amide bonds. The van der Waals surface area contributed by atoms with Gasteiger partial charge >= 0.3 is 0 Å². The van der Waals surface area contributed by atoms with Crippen LogP contribution in [0.4, 0.5) is 0 Å². The summed E-state index contributed by atoms with van der Waals surface area (Å²) in [5, 5.41) is 0. The van der Waals surface area contributed by atoms with Crippen molar-refractivity contribution in [3.8, 4) is 11.3 Å². The summed E-state index contributed by atoms with van der Waals surface area (Å²) >= 11 is 0. The van der Waals surface area contributed by atoms with Crippen molar-refractivity contribution in [3.63, 3.8) is 0 Å². The first kappa shape index (κ1) is 22.5. The Labute approximate surface area is 193 Å². The van der Waals surface area contributed by atoms with Gasteiger partial charge in [0.05, 0.1) is 5.69 Å². The minimum Gasteiger partial charge on any atom is -0.237 e. The number of hydrogen-bond acceptors (Lipinski definition) is 2. The molecule has 2 aromatic carbocycles. The van der Waals surface area contributed by atoms with E-state index in [4.69, 9.17) is 9.97 Å². The second-order valence-electron chi connectivity index (χ2n) is 9.79. The van der Waals surface area contributed by atoms with Gasteiger partial charge in [0.25, 0.3) is 0 Å². The first-order chi connectivity index (χ1) is 15.4. The second kappa shape index (κ2) is 9.81. The van der Waals surface area contributed by atoms with E-state index in [1.165, 1.54) is 65.5 Å². The van der Waals surface area contributed by atoms with Gasteiger partial charge in [0, 0.05) is 23.6 Å². The van der Waals surface area contributed by atoms with Crippen molar-refractivity contribution >= 4 is 5.57 Å². The van der Waals surface area contributed by atoms with Gasteiger partial charge in [-0.1, -0.05) is 76.1 Å². The van der Waals surface area contributed by atoms with Crippen LogP contribution in [0.25, 0.3) is 16.8 Å². The normalized spacial score (nSPS) is 14.7. The fourth-order valence-electron chi connectivity index (χ4n) is 4.58. The van der Waals surface area contributed by atoms with Crippen LogP contribution in [0.5, 0.6) is 0 Å². The lowest BCUT2D eigenvalue weighted by Gasteiger charge is -2.21. The fraction of sp³-hybridized carbons (Fsp3) is 0.400. The number of benzene rings is 2. The van der Waals surface area contributed by atoms with E-state index >= 15 is 0 Å². The predicted molar refractivity (Wildman–Crippen MR) is 136 cm³/mol. The van der Waals surface area contributed by atoms with Gasteiger partial charge < -0.3 is 0 Å². The van der Waals surface area contributed by atoms with Gasteiger partial charge in [-0.15, -0.1) is 0 Å². The van der Waals surface area contributed by atoms with Crippen molar-refractivity contribution in [3.05, 3.63) is 88.9 Å². The zero-order chi connectivity index (χ0) is 22.7. The Morgan fingerprint density at radius 1 is 0.906 bits per heavy atom. The summed E-state index contributed by atoms with van der Waals surface area (Å²) in [4.78, 5) is 10.1. The van der Waals surface area contributed by atoms with Gasteiger partial charge in [-0.25, -0.2) is 9.97 Å². The molecule has 0 spiro atoms. The van der Waals surface area contributed by atoms with Gasteiger partial charge in [-0.05, 0) is 72.6 Å².